The zero-order valence-electron chi connectivity index (χ0n) is 19.1. The summed E-state index contributed by atoms with van der Waals surface area (Å²) < 4.78 is 28.6. The van der Waals surface area contributed by atoms with Crippen LogP contribution in [-0.2, 0) is 23.0 Å². The number of sulfonamides is 1. The summed E-state index contributed by atoms with van der Waals surface area (Å²) in [5.74, 6) is 0. The van der Waals surface area contributed by atoms with E-state index in [1.54, 1.807) is 10.6 Å². The van der Waals surface area contributed by atoms with Crippen LogP contribution >= 0.6 is 15.9 Å². The molecule has 0 aliphatic carbocycles. The molecular formula is C24H30BrN5O2S. The Kier molecular flexibility index (Phi) is 7.23. The van der Waals surface area contributed by atoms with Gasteiger partial charge in [0.1, 0.15) is 0 Å². The number of likely N-dealkylation sites (N-methyl/N-ethyl adjacent to an activating group) is 1. The highest BCUT2D eigenvalue weighted by molar-refractivity contribution is 9.10. The predicted molar refractivity (Wildman–Crippen MR) is 136 cm³/mol. The minimum Gasteiger partial charge on any atom is -0.360 e. The quantitative estimate of drug-likeness (QED) is 0.503. The fourth-order valence-electron chi connectivity index (χ4n) is 4.57. The molecule has 0 spiro atoms. The molecule has 1 unspecified atom stereocenters. The molecule has 1 aromatic heterocycles. The Morgan fingerprint density at radius 3 is 2.61 bits per heavy atom. The largest absolute Gasteiger partial charge is 0.360 e. The van der Waals surface area contributed by atoms with E-state index < -0.39 is 10.0 Å². The molecule has 0 amide bonds. The lowest BCUT2D eigenvalue weighted by atomic mass is 10.0. The van der Waals surface area contributed by atoms with Gasteiger partial charge >= 0.3 is 0 Å². The third-order valence-electron chi connectivity index (χ3n) is 6.02. The van der Waals surface area contributed by atoms with E-state index in [2.05, 4.69) is 53.9 Å². The highest BCUT2D eigenvalue weighted by Gasteiger charge is 2.36. The zero-order valence-corrected chi connectivity index (χ0v) is 21.6. The molecule has 1 aliphatic rings. The molecule has 7 nitrogen and oxygen atoms in total. The lowest BCUT2D eigenvalue weighted by Crippen LogP contribution is -2.47. The molecule has 2 heterocycles. The van der Waals surface area contributed by atoms with Crippen molar-refractivity contribution in [1.29, 1.82) is 0 Å². The number of imidazole rings is 1. The van der Waals surface area contributed by atoms with Crippen LogP contribution in [-0.4, -0.2) is 67.1 Å². The fourth-order valence-corrected chi connectivity index (χ4v) is 6.03. The average molecular weight is 533 g/mol. The summed E-state index contributed by atoms with van der Waals surface area (Å²) in [6.45, 7) is 1.65. The van der Waals surface area contributed by atoms with Crippen molar-refractivity contribution >= 4 is 31.6 Å². The Morgan fingerprint density at radius 1 is 1.21 bits per heavy atom. The van der Waals surface area contributed by atoms with Gasteiger partial charge < -0.3 is 14.8 Å². The van der Waals surface area contributed by atoms with E-state index in [4.69, 9.17) is 0 Å². The van der Waals surface area contributed by atoms with Crippen LogP contribution in [0.25, 0.3) is 0 Å². The summed E-state index contributed by atoms with van der Waals surface area (Å²) in [5, 5.41) is 0. The summed E-state index contributed by atoms with van der Waals surface area (Å²) in [6.07, 6.45) is 5.50. The Hall–Kier alpha value is -2.20. The van der Waals surface area contributed by atoms with Crippen LogP contribution in [0.5, 0.6) is 0 Å². The van der Waals surface area contributed by atoms with Crippen LogP contribution in [0.1, 0.15) is 22.9 Å². The van der Waals surface area contributed by atoms with E-state index in [1.807, 2.05) is 50.6 Å². The summed E-state index contributed by atoms with van der Waals surface area (Å²) in [4.78, 5) is 12.0. The van der Waals surface area contributed by atoms with Crippen LogP contribution in [0.4, 0.5) is 5.69 Å². The van der Waals surface area contributed by atoms with Gasteiger partial charge in [-0.1, -0.05) is 46.3 Å². The van der Waals surface area contributed by atoms with E-state index in [1.165, 1.54) is 6.26 Å². The van der Waals surface area contributed by atoms with Crippen LogP contribution in [0, 0.1) is 0 Å². The molecule has 0 saturated heterocycles. The number of nitrogens with zero attached hydrogens (tertiary/aromatic N) is 4. The number of halogens is 1. The molecule has 0 fully saturated rings. The predicted octanol–water partition coefficient (Wildman–Crippen LogP) is 3.67. The van der Waals surface area contributed by atoms with Gasteiger partial charge in [-0.05, 0) is 49.8 Å². The van der Waals surface area contributed by atoms with Gasteiger partial charge in [-0.2, -0.15) is 4.31 Å². The van der Waals surface area contributed by atoms with Crippen LogP contribution in [0.15, 0.2) is 65.5 Å². The average Bonchev–Trinajstić information content (AvgIpc) is 3.23. The first-order valence-electron chi connectivity index (χ1n) is 10.9. The molecule has 0 saturated carbocycles. The number of nitrogens with one attached hydrogen (secondary N) is 1. The second kappa shape index (κ2) is 9.97. The number of benzene rings is 2. The Morgan fingerprint density at radius 2 is 1.97 bits per heavy atom. The normalized spacial score (nSPS) is 18.2. The van der Waals surface area contributed by atoms with Crippen LogP contribution < -0.4 is 4.90 Å². The van der Waals surface area contributed by atoms with Crippen LogP contribution in [0.3, 0.4) is 0 Å². The van der Waals surface area contributed by atoms with Crippen molar-refractivity contribution in [1.82, 2.24) is 19.2 Å². The lowest BCUT2D eigenvalue weighted by Gasteiger charge is -2.37. The van der Waals surface area contributed by atoms with Crippen molar-refractivity contribution in [3.05, 3.63) is 82.3 Å². The van der Waals surface area contributed by atoms with Gasteiger partial charge in [0.2, 0.25) is 10.0 Å². The third-order valence-corrected chi connectivity index (χ3v) is 7.80. The fraction of sp³-hybridized carbons (Fsp3) is 0.375. The molecule has 33 heavy (non-hydrogen) atoms. The molecule has 2 aromatic carbocycles. The summed E-state index contributed by atoms with van der Waals surface area (Å²) >= 11 is 3.58. The second-order valence-electron chi connectivity index (χ2n) is 8.86. The standard InChI is InChI=1S/C24H30BrN5O2S/c1-28(2)16-24(22-13-26-17-27-22)29-15-21(11-18-7-5-4-6-8-18)30(33(3,31)32)14-19-12-20(25)9-10-23(19)29/h4-10,12-13,17,21,24H,11,14-16H2,1-3H3,(H,26,27)/t21-,24?/m1/s1. The molecule has 176 valence electrons. The highest BCUT2D eigenvalue weighted by Crippen LogP contribution is 2.36. The molecule has 1 aliphatic heterocycles. The smallest absolute Gasteiger partial charge is 0.211 e. The van der Waals surface area contributed by atoms with Gasteiger partial charge in [0.05, 0.1) is 30.5 Å². The number of aromatic nitrogens is 2. The Balaban J connectivity index is 1.83. The van der Waals surface area contributed by atoms with E-state index in [0.29, 0.717) is 19.5 Å². The summed E-state index contributed by atoms with van der Waals surface area (Å²) in [7, 11) is 0.660. The second-order valence-corrected chi connectivity index (χ2v) is 11.7. The summed E-state index contributed by atoms with van der Waals surface area (Å²) in [6, 6.07) is 16.0. The number of aromatic amines is 1. The van der Waals surface area contributed by atoms with E-state index >= 15 is 0 Å². The molecule has 4 rings (SSSR count). The zero-order chi connectivity index (χ0) is 23.6. The van der Waals surface area contributed by atoms with Crippen molar-refractivity contribution in [3.8, 4) is 0 Å². The number of fused-ring (bicyclic) bond motifs is 1. The summed E-state index contributed by atoms with van der Waals surface area (Å²) in [5.41, 5.74) is 4.15. The molecule has 3 aromatic rings. The van der Waals surface area contributed by atoms with Crippen LogP contribution in [0.2, 0.25) is 0 Å². The van der Waals surface area contributed by atoms with Crippen molar-refractivity contribution in [2.75, 3.05) is 38.3 Å². The Labute approximate surface area is 204 Å². The monoisotopic (exact) mass is 531 g/mol. The van der Waals surface area contributed by atoms with Gasteiger partial charge in [0.25, 0.3) is 0 Å². The maximum absolute atomic E-state index is 13.0. The highest BCUT2D eigenvalue weighted by atomic mass is 79.9. The van der Waals surface area contributed by atoms with Gasteiger partial charge in [0.15, 0.2) is 0 Å². The minimum atomic E-state index is -3.44. The first kappa shape index (κ1) is 23.9. The van der Waals surface area contributed by atoms with Crippen molar-refractivity contribution < 1.29 is 8.42 Å². The topological polar surface area (TPSA) is 72.5 Å². The maximum atomic E-state index is 13.0. The number of hydrogen-bond donors (Lipinski definition) is 1. The molecule has 0 bridgehead atoms. The third kappa shape index (κ3) is 5.66. The number of anilines is 1. The molecular weight excluding hydrogens is 502 g/mol. The van der Waals surface area contributed by atoms with Crippen molar-refractivity contribution in [2.45, 2.75) is 25.0 Å². The first-order valence-corrected chi connectivity index (χ1v) is 13.6. The number of H-pyrrole nitrogens is 1. The van der Waals surface area contributed by atoms with Gasteiger partial charge in [-0.25, -0.2) is 13.4 Å². The van der Waals surface area contributed by atoms with E-state index in [0.717, 1.165) is 33.5 Å². The first-order chi connectivity index (χ1) is 15.7. The SMILES string of the molecule is CN(C)CC(c1cnc[nH]1)N1C[C@@H](Cc2ccccc2)N(S(C)(=O)=O)Cc2cc(Br)ccc21. The van der Waals surface area contributed by atoms with Crippen molar-refractivity contribution in [3.63, 3.8) is 0 Å². The van der Waals surface area contributed by atoms with Gasteiger partial charge in [-0.15, -0.1) is 0 Å². The minimum absolute atomic E-state index is 0.0137. The maximum Gasteiger partial charge on any atom is 0.211 e. The lowest BCUT2D eigenvalue weighted by molar-refractivity contribution is 0.305. The molecule has 1 N–H and O–H groups in total. The van der Waals surface area contributed by atoms with Gasteiger partial charge in [0, 0.05) is 35.8 Å². The Bertz CT molecular complexity index is 1170. The van der Waals surface area contributed by atoms with E-state index in [9.17, 15) is 8.42 Å². The number of hydrogen-bond acceptors (Lipinski definition) is 5. The molecule has 0 radical (unpaired) electrons. The molecule has 2 atom stereocenters. The number of rotatable bonds is 7. The van der Waals surface area contributed by atoms with E-state index in [-0.39, 0.29) is 12.1 Å². The van der Waals surface area contributed by atoms with Gasteiger partial charge in [-0.3, -0.25) is 0 Å². The molecule has 9 heteroatoms. The van der Waals surface area contributed by atoms with Crippen molar-refractivity contribution in [2.24, 2.45) is 0 Å².